The summed E-state index contributed by atoms with van der Waals surface area (Å²) in [6.07, 6.45) is 0. The van der Waals surface area contributed by atoms with Gasteiger partial charge in [-0.05, 0) is 42.8 Å². The smallest absolute Gasteiger partial charge is 0.301 e. The molecule has 2 heterocycles. The highest BCUT2D eigenvalue weighted by atomic mass is 32.1. The Balaban J connectivity index is 1.77. The summed E-state index contributed by atoms with van der Waals surface area (Å²) in [5.41, 5.74) is 2.42. The summed E-state index contributed by atoms with van der Waals surface area (Å²) >= 11 is 1.24. The number of benzene rings is 3. The number of thiazole rings is 1. The van der Waals surface area contributed by atoms with Crippen molar-refractivity contribution in [3.63, 3.8) is 0 Å². The topological polar surface area (TPSA) is 107 Å². The molecular weight excluding hydrogens is 520 g/mol. The maximum absolute atomic E-state index is 13.6. The first-order chi connectivity index (χ1) is 18.8. The molecule has 1 N–H and O–H groups in total. The number of anilines is 1. The van der Waals surface area contributed by atoms with Crippen LogP contribution in [0.25, 0.3) is 16.0 Å². The van der Waals surface area contributed by atoms with Crippen LogP contribution in [-0.2, 0) is 9.59 Å². The van der Waals surface area contributed by atoms with Gasteiger partial charge in [-0.2, -0.15) is 0 Å². The minimum Gasteiger partial charge on any atom is -0.507 e. The van der Waals surface area contributed by atoms with Crippen LogP contribution < -0.4 is 23.8 Å². The van der Waals surface area contributed by atoms with Crippen LogP contribution in [0.5, 0.6) is 23.0 Å². The molecular formula is C29H26N2O7S. The number of carbonyl (C=O) groups excluding carboxylic acids is 2. The Morgan fingerprint density at radius 3 is 2.15 bits per heavy atom. The lowest BCUT2D eigenvalue weighted by Crippen LogP contribution is -2.29. The van der Waals surface area contributed by atoms with E-state index in [0.717, 1.165) is 10.3 Å². The van der Waals surface area contributed by atoms with Crippen molar-refractivity contribution in [1.82, 2.24) is 4.98 Å². The number of aliphatic hydroxyl groups is 1. The van der Waals surface area contributed by atoms with E-state index in [2.05, 4.69) is 4.98 Å². The quantitative estimate of drug-likeness (QED) is 0.190. The van der Waals surface area contributed by atoms with Gasteiger partial charge in [0.15, 0.2) is 16.6 Å². The third-order valence-electron chi connectivity index (χ3n) is 6.56. The fraction of sp³-hybridized carbons (Fsp3) is 0.207. The molecule has 10 heteroatoms. The predicted molar refractivity (Wildman–Crippen MR) is 148 cm³/mol. The fourth-order valence-electron chi connectivity index (χ4n) is 4.59. The first-order valence-corrected chi connectivity index (χ1v) is 12.8. The molecule has 0 radical (unpaired) electrons. The normalized spacial score (nSPS) is 16.5. The average Bonchev–Trinajstić information content (AvgIpc) is 3.49. The Bertz CT molecular complexity index is 1600. The maximum atomic E-state index is 13.6. The van der Waals surface area contributed by atoms with Gasteiger partial charge in [-0.15, -0.1) is 0 Å². The summed E-state index contributed by atoms with van der Waals surface area (Å²) < 4.78 is 22.6. The minimum absolute atomic E-state index is 0.0741. The zero-order valence-electron chi connectivity index (χ0n) is 22.0. The summed E-state index contributed by atoms with van der Waals surface area (Å²) in [4.78, 5) is 33.1. The number of hydrogen-bond donors (Lipinski definition) is 1. The Hall–Kier alpha value is -4.57. The number of ketones is 1. The largest absolute Gasteiger partial charge is 0.507 e. The molecule has 0 spiro atoms. The van der Waals surface area contributed by atoms with Gasteiger partial charge in [0, 0.05) is 5.56 Å². The van der Waals surface area contributed by atoms with E-state index in [-0.39, 0.29) is 11.3 Å². The van der Waals surface area contributed by atoms with Crippen molar-refractivity contribution >= 4 is 44.1 Å². The third-order valence-corrected chi connectivity index (χ3v) is 7.58. The van der Waals surface area contributed by atoms with E-state index in [1.54, 1.807) is 43.5 Å². The average molecular weight is 547 g/mol. The Kier molecular flexibility index (Phi) is 6.88. The second-order valence-electron chi connectivity index (χ2n) is 8.82. The van der Waals surface area contributed by atoms with Crippen molar-refractivity contribution < 1.29 is 33.6 Å². The van der Waals surface area contributed by atoms with Crippen LogP contribution in [0.15, 0.2) is 60.2 Å². The molecule has 1 amide bonds. The van der Waals surface area contributed by atoms with E-state index < -0.39 is 17.7 Å². The van der Waals surface area contributed by atoms with Gasteiger partial charge in [0.1, 0.15) is 11.5 Å². The third kappa shape index (κ3) is 4.42. The number of amides is 1. The number of fused-ring (bicyclic) bond motifs is 1. The van der Waals surface area contributed by atoms with Crippen molar-refractivity contribution in [3.8, 4) is 23.0 Å². The molecule has 0 bridgehead atoms. The van der Waals surface area contributed by atoms with E-state index in [4.69, 9.17) is 18.9 Å². The summed E-state index contributed by atoms with van der Waals surface area (Å²) in [7, 11) is 6.01. The van der Waals surface area contributed by atoms with Gasteiger partial charge in [0.05, 0.1) is 50.3 Å². The van der Waals surface area contributed by atoms with Gasteiger partial charge in [0.2, 0.25) is 5.75 Å². The molecule has 0 aliphatic carbocycles. The number of methoxy groups -OCH3 is 4. The highest BCUT2D eigenvalue weighted by Gasteiger charge is 2.48. The molecule has 1 atom stereocenters. The first kappa shape index (κ1) is 26.1. The number of carbonyl (C=O) groups is 2. The Morgan fingerprint density at radius 1 is 0.897 bits per heavy atom. The van der Waals surface area contributed by atoms with Crippen LogP contribution in [0.4, 0.5) is 5.13 Å². The van der Waals surface area contributed by atoms with Crippen LogP contribution in [0.3, 0.4) is 0 Å². The zero-order chi connectivity index (χ0) is 27.8. The van der Waals surface area contributed by atoms with Gasteiger partial charge in [-0.25, -0.2) is 4.98 Å². The molecule has 1 fully saturated rings. The van der Waals surface area contributed by atoms with Crippen LogP contribution in [-0.4, -0.2) is 50.2 Å². The molecule has 39 heavy (non-hydrogen) atoms. The molecule has 1 aliphatic heterocycles. The Labute approximate surface area is 228 Å². The van der Waals surface area contributed by atoms with Crippen molar-refractivity contribution in [2.75, 3.05) is 33.3 Å². The predicted octanol–water partition coefficient (Wildman–Crippen LogP) is 5.27. The number of aromatic nitrogens is 1. The van der Waals surface area contributed by atoms with Gasteiger partial charge in [0.25, 0.3) is 5.78 Å². The fourth-order valence-corrected chi connectivity index (χ4v) is 5.61. The molecule has 5 rings (SSSR count). The molecule has 3 aromatic carbocycles. The second kappa shape index (κ2) is 10.3. The molecule has 0 saturated carbocycles. The molecule has 1 unspecified atom stereocenters. The number of aryl methyl sites for hydroxylation is 1. The lowest BCUT2D eigenvalue weighted by atomic mass is 9.94. The van der Waals surface area contributed by atoms with Crippen molar-refractivity contribution in [3.05, 3.63) is 76.9 Å². The van der Waals surface area contributed by atoms with E-state index in [1.807, 2.05) is 25.1 Å². The number of hydrogen-bond acceptors (Lipinski definition) is 9. The van der Waals surface area contributed by atoms with Crippen LogP contribution in [0.2, 0.25) is 0 Å². The summed E-state index contributed by atoms with van der Waals surface area (Å²) in [5.74, 6) is -0.273. The zero-order valence-corrected chi connectivity index (χ0v) is 22.8. The van der Waals surface area contributed by atoms with Crippen molar-refractivity contribution in [1.29, 1.82) is 0 Å². The highest BCUT2D eigenvalue weighted by Crippen LogP contribution is 2.48. The molecule has 1 saturated heterocycles. The number of Topliss-reactive ketones (excluding diaryl/α,β-unsaturated/α-hetero) is 1. The number of aliphatic hydroxyl groups excluding tert-OH is 1. The van der Waals surface area contributed by atoms with E-state index >= 15 is 0 Å². The van der Waals surface area contributed by atoms with Crippen molar-refractivity contribution in [2.24, 2.45) is 0 Å². The lowest BCUT2D eigenvalue weighted by molar-refractivity contribution is -0.132. The SMILES string of the molecule is COc1ccc2nc(N3C(=O)C(=O)C(=C(O)c4ccc(C)cc4)C3c3cc(OC)c(OC)c(OC)c3)sc2c1. The summed E-state index contributed by atoms with van der Waals surface area (Å²) in [6.45, 7) is 1.92. The number of ether oxygens (including phenoxy) is 4. The van der Waals surface area contributed by atoms with Crippen LogP contribution in [0.1, 0.15) is 22.7 Å². The minimum atomic E-state index is -1.03. The van der Waals surface area contributed by atoms with Crippen LogP contribution in [0, 0.1) is 6.92 Å². The van der Waals surface area contributed by atoms with Gasteiger partial charge in [-0.3, -0.25) is 14.5 Å². The lowest BCUT2D eigenvalue weighted by Gasteiger charge is -2.24. The van der Waals surface area contributed by atoms with Gasteiger partial charge < -0.3 is 24.1 Å². The molecule has 1 aromatic heterocycles. The molecule has 200 valence electrons. The molecule has 4 aromatic rings. The van der Waals surface area contributed by atoms with E-state index in [0.29, 0.717) is 44.8 Å². The summed E-state index contributed by atoms with van der Waals surface area (Å²) in [5, 5.41) is 11.7. The summed E-state index contributed by atoms with van der Waals surface area (Å²) in [6, 6.07) is 14.7. The Morgan fingerprint density at radius 2 is 1.56 bits per heavy atom. The number of nitrogens with zero attached hydrogens (tertiary/aromatic N) is 2. The standard InChI is InChI=1S/C29H26N2O7S/c1-15-6-8-16(9-7-15)25(32)23-24(17-12-20(36-3)27(38-5)21(13-17)37-4)31(28(34)26(23)33)29-30-19-11-10-18(35-2)14-22(19)39-29/h6-14,24,32H,1-5H3. The van der Waals surface area contributed by atoms with E-state index in [1.165, 1.54) is 37.6 Å². The van der Waals surface area contributed by atoms with Gasteiger partial charge >= 0.3 is 5.91 Å². The van der Waals surface area contributed by atoms with Gasteiger partial charge in [-0.1, -0.05) is 41.2 Å². The van der Waals surface area contributed by atoms with Crippen molar-refractivity contribution in [2.45, 2.75) is 13.0 Å². The maximum Gasteiger partial charge on any atom is 0.301 e. The first-order valence-electron chi connectivity index (χ1n) is 11.9. The molecule has 1 aliphatic rings. The highest BCUT2D eigenvalue weighted by molar-refractivity contribution is 7.22. The second-order valence-corrected chi connectivity index (χ2v) is 9.83. The van der Waals surface area contributed by atoms with Crippen LogP contribution >= 0.6 is 11.3 Å². The number of rotatable bonds is 7. The van der Waals surface area contributed by atoms with E-state index in [9.17, 15) is 14.7 Å². The monoisotopic (exact) mass is 546 g/mol. The molecule has 9 nitrogen and oxygen atoms in total.